The highest BCUT2D eigenvalue weighted by Crippen LogP contribution is 2.17. The fourth-order valence-corrected chi connectivity index (χ4v) is 1.89. The Kier molecular flexibility index (Phi) is 3.65. The Morgan fingerprint density at radius 1 is 1.44 bits per heavy atom. The van der Waals surface area contributed by atoms with Crippen LogP contribution in [-0.4, -0.2) is 29.4 Å². The molecule has 4 nitrogen and oxygen atoms in total. The van der Waals surface area contributed by atoms with Crippen molar-refractivity contribution in [2.75, 3.05) is 13.6 Å². The summed E-state index contributed by atoms with van der Waals surface area (Å²) in [7, 11) is 1.83. The van der Waals surface area contributed by atoms with E-state index in [4.69, 9.17) is 4.42 Å². The number of amides is 1. The zero-order valence-corrected chi connectivity index (χ0v) is 11.1. The van der Waals surface area contributed by atoms with Gasteiger partial charge in [-0.2, -0.15) is 0 Å². The molecule has 0 bridgehead atoms. The summed E-state index contributed by atoms with van der Waals surface area (Å²) in [4.78, 5) is 18.1. The number of fused-ring (bicyclic) bond motifs is 1. The first-order valence-electron chi connectivity index (χ1n) is 6.24. The Morgan fingerprint density at radius 2 is 2.22 bits per heavy atom. The Labute approximate surface area is 107 Å². The summed E-state index contributed by atoms with van der Waals surface area (Å²) in [6.45, 7) is 4.69. The number of nitrogens with zero attached hydrogens (tertiary/aromatic N) is 2. The molecule has 0 aliphatic heterocycles. The summed E-state index contributed by atoms with van der Waals surface area (Å²) >= 11 is 0. The van der Waals surface area contributed by atoms with Gasteiger partial charge in [0.2, 0.25) is 0 Å². The molecule has 2 rings (SSSR count). The van der Waals surface area contributed by atoms with E-state index in [2.05, 4.69) is 11.9 Å². The average molecular weight is 246 g/mol. The highest BCUT2D eigenvalue weighted by molar-refractivity contribution is 5.96. The number of carbonyl (C=O) groups excluding carboxylic acids is 1. The number of hydrogen-bond acceptors (Lipinski definition) is 3. The van der Waals surface area contributed by atoms with E-state index < -0.39 is 0 Å². The molecule has 0 aliphatic carbocycles. The van der Waals surface area contributed by atoms with Crippen LogP contribution in [0.5, 0.6) is 0 Å². The third-order valence-corrected chi connectivity index (χ3v) is 2.94. The predicted octanol–water partition coefficient (Wildman–Crippen LogP) is 3.01. The van der Waals surface area contributed by atoms with Crippen molar-refractivity contribution in [2.45, 2.75) is 26.7 Å². The van der Waals surface area contributed by atoms with Gasteiger partial charge in [0.1, 0.15) is 5.52 Å². The number of carbonyl (C=O) groups is 1. The first kappa shape index (κ1) is 12.6. The molecule has 1 aromatic carbocycles. The number of oxazole rings is 1. The van der Waals surface area contributed by atoms with Crippen LogP contribution >= 0.6 is 0 Å². The van der Waals surface area contributed by atoms with Crippen molar-refractivity contribution in [3.63, 3.8) is 0 Å². The molecule has 0 saturated carbocycles. The van der Waals surface area contributed by atoms with Crippen molar-refractivity contribution >= 4 is 17.0 Å². The van der Waals surface area contributed by atoms with Gasteiger partial charge >= 0.3 is 0 Å². The van der Waals surface area contributed by atoms with Gasteiger partial charge in [-0.25, -0.2) is 4.98 Å². The number of rotatable bonds is 4. The van der Waals surface area contributed by atoms with Crippen LogP contribution in [0, 0.1) is 6.92 Å². The van der Waals surface area contributed by atoms with E-state index in [1.54, 1.807) is 24.0 Å². The molecule has 0 atom stereocenters. The average Bonchev–Trinajstić information content (AvgIpc) is 2.73. The SMILES string of the molecule is CCCCN(C)C(=O)c1ccc2nc(C)oc2c1. The highest BCUT2D eigenvalue weighted by Gasteiger charge is 2.13. The van der Waals surface area contributed by atoms with E-state index in [0.717, 1.165) is 24.9 Å². The zero-order chi connectivity index (χ0) is 13.1. The summed E-state index contributed by atoms with van der Waals surface area (Å²) < 4.78 is 5.44. The van der Waals surface area contributed by atoms with Gasteiger partial charge in [-0.3, -0.25) is 4.79 Å². The van der Waals surface area contributed by atoms with Gasteiger partial charge in [0.05, 0.1) is 0 Å². The quantitative estimate of drug-likeness (QED) is 0.833. The second kappa shape index (κ2) is 5.21. The Bertz CT molecular complexity index is 560. The standard InChI is InChI=1S/C14H18N2O2/c1-4-5-8-16(3)14(17)11-6-7-12-13(9-11)18-10(2)15-12/h6-7,9H,4-5,8H2,1-3H3. The second-order valence-corrected chi connectivity index (χ2v) is 4.50. The highest BCUT2D eigenvalue weighted by atomic mass is 16.3. The van der Waals surface area contributed by atoms with Crippen LogP contribution in [0.2, 0.25) is 0 Å². The van der Waals surface area contributed by atoms with Gasteiger partial charge in [0.15, 0.2) is 11.5 Å². The van der Waals surface area contributed by atoms with Crippen LogP contribution in [0.25, 0.3) is 11.1 Å². The molecule has 1 heterocycles. The summed E-state index contributed by atoms with van der Waals surface area (Å²) in [6, 6.07) is 5.39. The number of hydrogen-bond donors (Lipinski definition) is 0. The minimum atomic E-state index is 0.0272. The van der Waals surface area contributed by atoms with Crippen molar-refractivity contribution in [3.8, 4) is 0 Å². The molecule has 0 N–H and O–H groups in total. The van der Waals surface area contributed by atoms with Crippen molar-refractivity contribution in [1.29, 1.82) is 0 Å². The lowest BCUT2D eigenvalue weighted by Crippen LogP contribution is -2.27. The molecule has 1 amide bonds. The molecule has 0 fully saturated rings. The van der Waals surface area contributed by atoms with Crippen LogP contribution in [-0.2, 0) is 0 Å². The summed E-state index contributed by atoms with van der Waals surface area (Å²) in [5.41, 5.74) is 2.11. The lowest BCUT2D eigenvalue weighted by Gasteiger charge is -2.16. The van der Waals surface area contributed by atoms with Gasteiger partial charge in [-0.15, -0.1) is 0 Å². The molecule has 0 spiro atoms. The molecular formula is C14H18N2O2. The van der Waals surface area contributed by atoms with E-state index >= 15 is 0 Å². The fourth-order valence-electron chi connectivity index (χ4n) is 1.89. The maximum Gasteiger partial charge on any atom is 0.253 e. The molecule has 1 aromatic heterocycles. The number of aryl methyl sites for hydroxylation is 1. The smallest absolute Gasteiger partial charge is 0.253 e. The van der Waals surface area contributed by atoms with Gasteiger partial charge < -0.3 is 9.32 Å². The lowest BCUT2D eigenvalue weighted by molar-refractivity contribution is 0.0793. The summed E-state index contributed by atoms with van der Waals surface area (Å²) in [5.74, 6) is 0.647. The van der Waals surface area contributed by atoms with Crippen molar-refractivity contribution in [1.82, 2.24) is 9.88 Å². The van der Waals surface area contributed by atoms with Crippen LogP contribution in [0.1, 0.15) is 36.0 Å². The van der Waals surface area contributed by atoms with Crippen molar-refractivity contribution < 1.29 is 9.21 Å². The minimum Gasteiger partial charge on any atom is -0.441 e. The van der Waals surface area contributed by atoms with Gasteiger partial charge in [-0.05, 0) is 24.6 Å². The minimum absolute atomic E-state index is 0.0272. The first-order chi connectivity index (χ1) is 8.61. The topological polar surface area (TPSA) is 46.3 Å². The molecule has 2 aromatic rings. The predicted molar refractivity (Wildman–Crippen MR) is 70.6 cm³/mol. The Balaban J connectivity index is 2.22. The lowest BCUT2D eigenvalue weighted by atomic mass is 10.2. The zero-order valence-electron chi connectivity index (χ0n) is 11.1. The largest absolute Gasteiger partial charge is 0.441 e. The normalized spacial score (nSPS) is 10.8. The van der Waals surface area contributed by atoms with Gasteiger partial charge in [-0.1, -0.05) is 13.3 Å². The van der Waals surface area contributed by atoms with Crippen LogP contribution in [0.4, 0.5) is 0 Å². The molecule has 0 aliphatic rings. The van der Waals surface area contributed by atoms with E-state index in [9.17, 15) is 4.79 Å². The van der Waals surface area contributed by atoms with E-state index in [-0.39, 0.29) is 5.91 Å². The van der Waals surface area contributed by atoms with Gasteiger partial charge in [0, 0.05) is 26.1 Å². The first-order valence-corrected chi connectivity index (χ1v) is 6.24. The van der Waals surface area contributed by atoms with E-state index in [0.29, 0.717) is 17.0 Å². The monoisotopic (exact) mass is 246 g/mol. The van der Waals surface area contributed by atoms with Gasteiger partial charge in [0.25, 0.3) is 5.91 Å². The number of benzene rings is 1. The molecule has 4 heteroatoms. The molecule has 96 valence electrons. The Morgan fingerprint density at radius 3 is 2.94 bits per heavy atom. The third kappa shape index (κ3) is 2.53. The number of aromatic nitrogens is 1. The molecule has 0 unspecified atom stereocenters. The van der Waals surface area contributed by atoms with Crippen molar-refractivity contribution in [2.24, 2.45) is 0 Å². The third-order valence-electron chi connectivity index (χ3n) is 2.94. The molecular weight excluding hydrogens is 228 g/mol. The second-order valence-electron chi connectivity index (χ2n) is 4.50. The molecule has 0 saturated heterocycles. The van der Waals surface area contributed by atoms with E-state index in [1.165, 1.54) is 0 Å². The fraction of sp³-hybridized carbons (Fsp3) is 0.429. The van der Waals surface area contributed by atoms with Crippen LogP contribution in [0.3, 0.4) is 0 Å². The maximum atomic E-state index is 12.2. The molecule has 0 radical (unpaired) electrons. The number of unbranched alkanes of at least 4 members (excludes halogenated alkanes) is 1. The maximum absolute atomic E-state index is 12.2. The summed E-state index contributed by atoms with van der Waals surface area (Å²) in [5, 5.41) is 0. The van der Waals surface area contributed by atoms with Crippen LogP contribution < -0.4 is 0 Å². The van der Waals surface area contributed by atoms with Crippen molar-refractivity contribution in [3.05, 3.63) is 29.7 Å². The van der Waals surface area contributed by atoms with E-state index in [1.807, 2.05) is 13.1 Å². The summed E-state index contributed by atoms with van der Waals surface area (Å²) in [6.07, 6.45) is 2.10. The Hall–Kier alpha value is -1.84. The van der Waals surface area contributed by atoms with Crippen LogP contribution in [0.15, 0.2) is 22.6 Å². The molecule has 18 heavy (non-hydrogen) atoms.